The number of aliphatic imine (C=N–C) groups is 1. The lowest BCUT2D eigenvalue weighted by Crippen LogP contribution is -2.37. The molecule has 5 rings (SSSR count). The molecule has 8 heteroatoms. The Balaban J connectivity index is 1.45. The summed E-state index contributed by atoms with van der Waals surface area (Å²) in [5.74, 6) is 0.656. The number of anilines is 1. The van der Waals surface area contributed by atoms with Gasteiger partial charge in [-0.1, -0.05) is 18.2 Å². The second kappa shape index (κ2) is 10.2. The smallest absolute Gasteiger partial charge is 0.272 e. The molecule has 1 N–H and O–H groups in total. The number of rotatable bonds is 9. The minimum atomic E-state index is -0.662. The molecule has 3 aromatic carbocycles. The number of hydrazine groups is 1. The summed E-state index contributed by atoms with van der Waals surface area (Å²) < 4.78 is 10.4. The van der Waals surface area contributed by atoms with Gasteiger partial charge in [-0.15, -0.1) is 0 Å². The number of fused-ring (bicyclic) bond motifs is 1. The summed E-state index contributed by atoms with van der Waals surface area (Å²) in [7, 11) is 3.12. The van der Waals surface area contributed by atoms with Crippen molar-refractivity contribution in [3.05, 3.63) is 101 Å². The molecule has 0 saturated carbocycles. The summed E-state index contributed by atoms with van der Waals surface area (Å²) >= 11 is 0. The number of nitrogens with one attached hydrogen (secondary N) is 1. The van der Waals surface area contributed by atoms with Crippen LogP contribution in [0.3, 0.4) is 0 Å². The molecule has 2 heterocycles. The van der Waals surface area contributed by atoms with Gasteiger partial charge in [0.2, 0.25) is 0 Å². The van der Waals surface area contributed by atoms with Gasteiger partial charge in [0.1, 0.15) is 17.7 Å². The maximum absolute atomic E-state index is 13.5. The van der Waals surface area contributed by atoms with E-state index in [0.717, 1.165) is 0 Å². The standard InChI is InChI=1S/C29H25N3O5/c1-36-21-12-8-18(9-13-21)25(33)16-23-24(17-26(34)19-10-14-22(37-2)15-11-19)30-28-27(23)29(35)32(31-28)20-6-4-3-5-7-20/h3-15,28,31H,16-17H2,1-2H3. The van der Waals surface area contributed by atoms with Crippen molar-refractivity contribution in [2.75, 3.05) is 19.2 Å². The van der Waals surface area contributed by atoms with E-state index >= 15 is 0 Å². The molecule has 0 aromatic heterocycles. The molecule has 0 radical (unpaired) electrons. The lowest BCUT2D eigenvalue weighted by Gasteiger charge is -2.17. The molecule has 2 aliphatic heterocycles. The lowest BCUT2D eigenvalue weighted by atomic mass is 9.93. The molecule has 8 nitrogen and oxygen atoms in total. The lowest BCUT2D eigenvalue weighted by molar-refractivity contribution is -0.114. The number of Topliss-reactive ketones (excluding diaryl/α,β-unsaturated/α-hetero) is 2. The Labute approximate surface area is 214 Å². The third kappa shape index (κ3) is 4.79. The first-order valence-electron chi connectivity index (χ1n) is 11.8. The normalized spacial score (nSPS) is 16.5. The van der Waals surface area contributed by atoms with Crippen molar-refractivity contribution in [1.29, 1.82) is 0 Å². The first-order chi connectivity index (χ1) is 18.0. The van der Waals surface area contributed by atoms with E-state index in [4.69, 9.17) is 9.47 Å². The molecule has 0 bridgehead atoms. The molecule has 2 aliphatic rings. The van der Waals surface area contributed by atoms with Gasteiger partial charge in [0.05, 0.1) is 31.9 Å². The van der Waals surface area contributed by atoms with Crippen LogP contribution in [0.15, 0.2) is 95.0 Å². The van der Waals surface area contributed by atoms with Gasteiger partial charge in [-0.2, -0.15) is 5.43 Å². The van der Waals surface area contributed by atoms with Gasteiger partial charge in [-0.3, -0.25) is 19.4 Å². The fourth-order valence-electron chi connectivity index (χ4n) is 4.45. The fourth-order valence-corrected chi connectivity index (χ4v) is 4.45. The van der Waals surface area contributed by atoms with E-state index in [1.54, 1.807) is 62.8 Å². The zero-order valence-electron chi connectivity index (χ0n) is 20.4. The van der Waals surface area contributed by atoms with Crippen LogP contribution < -0.4 is 19.9 Å². The Morgan fingerprint density at radius 1 is 0.811 bits per heavy atom. The molecule has 1 unspecified atom stereocenters. The van der Waals surface area contributed by atoms with Gasteiger partial charge < -0.3 is 9.47 Å². The number of nitrogens with zero attached hydrogens (tertiary/aromatic N) is 2. The van der Waals surface area contributed by atoms with Gasteiger partial charge in [0.25, 0.3) is 5.91 Å². The zero-order chi connectivity index (χ0) is 25.9. The predicted octanol–water partition coefficient (Wildman–Crippen LogP) is 4.18. The van der Waals surface area contributed by atoms with Crippen LogP contribution in [0.5, 0.6) is 11.5 Å². The summed E-state index contributed by atoms with van der Waals surface area (Å²) in [6.45, 7) is 0. The van der Waals surface area contributed by atoms with E-state index in [0.29, 0.717) is 45.2 Å². The molecule has 1 atom stereocenters. The topological polar surface area (TPSA) is 97.3 Å². The summed E-state index contributed by atoms with van der Waals surface area (Å²) in [4.78, 5) is 44.5. The van der Waals surface area contributed by atoms with Crippen molar-refractivity contribution in [3.63, 3.8) is 0 Å². The minimum absolute atomic E-state index is 0.0299. The molecule has 1 saturated heterocycles. The summed E-state index contributed by atoms with van der Waals surface area (Å²) in [6, 6.07) is 22.8. The number of hydrogen-bond acceptors (Lipinski definition) is 7. The van der Waals surface area contributed by atoms with Crippen molar-refractivity contribution in [3.8, 4) is 11.5 Å². The largest absolute Gasteiger partial charge is 0.497 e. The maximum atomic E-state index is 13.5. The van der Waals surface area contributed by atoms with E-state index in [1.165, 1.54) is 5.01 Å². The molecule has 0 aliphatic carbocycles. The molecule has 37 heavy (non-hydrogen) atoms. The number of ketones is 2. The molecular formula is C29H25N3O5. The number of benzene rings is 3. The Hall–Kier alpha value is -4.56. The fraction of sp³-hybridized carbons (Fsp3) is 0.172. The van der Waals surface area contributed by atoms with Crippen LogP contribution >= 0.6 is 0 Å². The molecule has 3 aromatic rings. The molecular weight excluding hydrogens is 470 g/mol. The van der Waals surface area contributed by atoms with Gasteiger partial charge >= 0.3 is 0 Å². The van der Waals surface area contributed by atoms with E-state index in [9.17, 15) is 14.4 Å². The van der Waals surface area contributed by atoms with Crippen molar-refractivity contribution < 1.29 is 23.9 Å². The van der Waals surface area contributed by atoms with Gasteiger partial charge in [-0.05, 0) is 66.2 Å². The average molecular weight is 496 g/mol. The highest BCUT2D eigenvalue weighted by molar-refractivity contribution is 6.24. The van der Waals surface area contributed by atoms with Crippen molar-refractivity contribution >= 4 is 28.9 Å². The number of para-hydroxylation sites is 1. The Morgan fingerprint density at radius 2 is 1.35 bits per heavy atom. The zero-order valence-corrected chi connectivity index (χ0v) is 20.4. The number of amides is 1. The van der Waals surface area contributed by atoms with Crippen molar-refractivity contribution in [2.24, 2.45) is 4.99 Å². The number of carbonyl (C=O) groups excluding carboxylic acids is 3. The summed E-state index contributed by atoms with van der Waals surface area (Å²) in [5, 5.41) is 1.43. The highest BCUT2D eigenvalue weighted by Crippen LogP contribution is 2.34. The second-order valence-electron chi connectivity index (χ2n) is 8.63. The summed E-state index contributed by atoms with van der Waals surface area (Å²) in [6.07, 6.45) is -0.745. The number of carbonyl (C=O) groups is 3. The highest BCUT2D eigenvalue weighted by Gasteiger charge is 2.43. The molecule has 1 fully saturated rings. The van der Waals surface area contributed by atoms with Crippen LogP contribution in [-0.4, -0.2) is 43.6 Å². The van der Waals surface area contributed by atoms with E-state index in [2.05, 4.69) is 10.4 Å². The Morgan fingerprint density at radius 3 is 1.89 bits per heavy atom. The van der Waals surface area contributed by atoms with Gasteiger partial charge in [-0.25, -0.2) is 5.01 Å². The Kier molecular flexibility index (Phi) is 6.66. The average Bonchev–Trinajstić information content (AvgIpc) is 3.44. The van der Waals surface area contributed by atoms with Crippen LogP contribution in [0.2, 0.25) is 0 Å². The third-order valence-electron chi connectivity index (χ3n) is 6.42. The van der Waals surface area contributed by atoms with Crippen LogP contribution in [0, 0.1) is 0 Å². The summed E-state index contributed by atoms with van der Waals surface area (Å²) in [5.41, 5.74) is 6.09. The maximum Gasteiger partial charge on any atom is 0.272 e. The molecule has 186 valence electrons. The van der Waals surface area contributed by atoms with Crippen LogP contribution in [0.4, 0.5) is 5.69 Å². The first-order valence-corrected chi connectivity index (χ1v) is 11.8. The highest BCUT2D eigenvalue weighted by atomic mass is 16.5. The van der Waals surface area contributed by atoms with Gasteiger partial charge in [0, 0.05) is 23.3 Å². The third-order valence-corrected chi connectivity index (χ3v) is 6.42. The van der Waals surface area contributed by atoms with Gasteiger partial charge in [0.15, 0.2) is 11.6 Å². The molecule has 0 spiro atoms. The monoisotopic (exact) mass is 495 g/mol. The number of hydrogen-bond donors (Lipinski definition) is 1. The van der Waals surface area contributed by atoms with Crippen molar-refractivity contribution in [2.45, 2.75) is 19.0 Å². The quantitative estimate of drug-likeness (QED) is 0.448. The SMILES string of the molecule is COc1ccc(C(=O)CC2=NC3NN(c4ccccc4)C(=O)C3=C2CC(=O)c2ccc(OC)cc2)cc1. The number of ether oxygens (including phenoxy) is 2. The predicted molar refractivity (Wildman–Crippen MR) is 139 cm³/mol. The minimum Gasteiger partial charge on any atom is -0.497 e. The van der Waals surface area contributed by atoms with Crippen LogP contribution in [-0.2, 0) is 4.79 Å². The number of allylic oxidation sites excluding steroid dienone is 1. The van der Waals surface area contributed by atoms with E-state index in [-0.39, 0.29) is 30.3 Å². The first kappa shape index (κ1) is 24.1. The van der Waals surface area contributed by atoms with Crippen molar-refractivity contribution in [1.82, 2.24) is 5.43 Å². The number of methoxy groups -OCH3 is 2. The van der Waals surface area contributed by atoms with Crippen LogP contribution in [0.1, 0.15) is 33.6 Å². The Bertz CT molecular complexity index is 1410. The van der Waals surface area contributed by atoms with E-state index in [1.807, 2.05) is 30.3 Å². The van der Waals surface area contributed by atoms with Crippen LogP contribution in [0.25, 0.3) is 0 Å². The molecule has 1 amide bonds. The second-order valence-corrected chi connectivity index (χ2v) is 8.63. The van der Waals surface area contributed by atoms with E-state index < -0.39 is 6.17 Å².